The van der Waals surface area contributed by atoms with Crippen LogP contribution in [0.3, 0.4) is 0 Å². The van der Waals surface area contributed by atoms with Gasteiger partial charge in [-0.05, 0) is 30.7 Å². The summed E-state index contributed by atoms with van der Waals surface area (Å²) in [5.41, 5.74) is 3.33. The van der Waals surface area contributed by atoms with Gasteiger partial charge in [0.25, 0.3) is 0 Å². The van der Waals surface area contributed by atoms with Crippen molar-refractivity contribution in [1.29, 1.82) is 5.26 Å². The van der Waals surface area contributed by atoms with Crippen LogP contribution in [0.1, 0.15) is 16.7 Å². The van der Waals surface area contributed by atoms with E-state index in [1.54, 1.807) is 6.07 Å². The Kier molecular flexibility index (Phi) is 3.40. The van der Waals surface area contributed by atoms with Gasteiger partial charge in [-0.1, -0.05) is 41.4 Å². The molecule has 0 saturated carbocycles. The summed E-state index contributed by atoms with van der Waals surface area (Å²) in [6.07, 6.45) is 0. The van der Waals surface area contributed by atoms with Crippen molar-refractivity contribution in [2.45, 2.75) is 13.5 Å². The van der Waals surface area contributed by atoms with Gasteiger partial charge in [-0.2, -0.15) is 5.26 Å². The molecule has 0 saturated heterocycles. The standard InChI is InChI=1S/C17H12ClFN2/c1-11-3-2-4-12(7-11)10-21-16-6-5-13(19)8-14(16)15(9-20)17(21)18/h2-8H,10H2,1H3. The van der Waals surface area contributed by atoms with E-state index in [1.165, 1.54) is 12.1 Å². The molecule has 1 aromatic heterocycles. The highest BCUT2D eigenvalue weighted by Gasteiger charge is 2.16. The molecule has 0 bridgehead atoms. The number of hydrogen-bond acceptors (Lipinski definition) is 1. The minimum atomic E-state index is -0.372. The van der Waals surface area contributed by atoms with Crippen molar-refractivity contribution in [2.75, 3.05) is 0 Å². The number of hydrogen-bond donors (Lipinski definition) is 0. The molecule has 2 aromatic carbocycles. The first-order valence-corrected chi connectivity index (χ1v) is 6.91. The average Bonchev–Trinajstić information content (AvgIpc) is 2.70. The monoisotopic (exact) mass is 298 g/mol. The number of halogens is 2. The third-order valence-electron chi connectivity index (χ3n) is 3.50. The maximum absolute atomic E-state index is 13.4. The Labute approximate surface area is 127 Å². The summed E-state index contributed by atoms with van der Waals surface area (Å²) in [5.74, 6) is -0.372. The van der Waals surface area contributed by atoms with Gasteiger partial charge in [0.1, 0.15) is 17.0 Å². The van der Waals surface area contributed by atoms with Gasteiger partial charge in [0.05, 0.1) is 11.1 Å². The van der Waals surface area contributed by atoms with E-state index >= 15 is 0 Å². The van der Waals surface area contributed by atoms with Crippen molar-refractivity contribution in [3.63, 3.8) is 0 Å². The molecule has 0 aliphatic rings. The molecule has 0 N–H and O–H groups in total. The quantitative estimate of drug-likeness (QED) is 0.676. The van der Waals surface area contributed by atoms with Gasteiger partial charge in [0.2, 0.25) is 0 Å². The maximum Gasteiger partial charge on any atom is 0.128 e. The summed E-state index contributed by atoms with van der Waals surface area (Å²) < 4.78 is 15.2. The van der Waals surface area contributed by atoms with Crippen molar-refractivity contribution in [3.05, 3.63) is 70.1 Å². The number of rotatable bonds is 2. The van der Waals surface area contributed by atoms with Gasteiger partial charge >= 0.3 is 0 Å². The molecule has 3 aromatic rings. The van der Waals surface area contributed by atoms with Crippen LogP contribution < -0.4 is 0 Å². The second kappa shape index (κ2) is 5.23. The van der Waals surface area contributed by atoms with Crippen molar-refractivity contribution in [2.24, 2.45) is 0 Å². The molecule has 21 heavy (non-hydrogen) atoms. The molecule has 0 atom stereocenters. The molecule has 4 heteroatoms. The number of aryl methyl sites for hydroxylation is 1. The zero-order valence-electron chi connectivity index (χ0n) is 11.4. The van der Waals surface area contributed by atoms with Crippen molar-refractivity contribution >= 4 is 22.5 Å². The molecular formula is C17H12ClFN2. The van der Waals surface area contributed by atoms with E-state index in [9.17, 15) is 9.65 Å². The zero-order valence-corrected chi connectivity index (χ0v) is 12.2. The lowest BCUT2D eigenvalue weighted by Gasteiger charge is -2.08. The molecule has 3 rings (SSSR count). The van der Waals surface area contributed by atoms with Gasteiger partial charge in [0.15, 0.2) is 0 Å². The van der Waals surface area contributed by atoms with Crippen LogP contribution in [0.25, 0.3) is 10.9 Å². The predicted octanol–water partition coefficient (Wildman–Crippen LogP) is 4.66. The SMILES string of the molecule is Cc1cccc(Cn2c(Cl)c(C#N)c3cc(F)ccc32)c1. The lowest BCUT2D eigenvalue weighted by atomic mass is 10.1. The topological polar surface area (TPSA) is 28.7 Å². The summed E-state index contributed by atoms with van der Waals surface area (Å²) in [4.78, 5) is 0. The first-order chi connectivity index (χ1) is 10.1. The fourth-order valence-corrected chi connectivity index (χ4v) is 2.84. The average molecular weight is 299 g/mol. The number of aromatic nitrogens is 1. The van der Waals surface area contributed by atoms with Crippen molar-refractivity contribution in [3.8, 4) is 6.07 Å². The largest absolute Gasteiger partial charge is 0.326 e. The summed E-state index contributed by atoms with van der Waals surface area (Å²) in [5, 5.41) is 10.2. The molecule has 0 fully saturated rings. The first kappa shape index (κ1) is 13.7. The van der Waals surface area contributed by atoms with Crippen LogP contribution in [0.15, 0.2) is 42.5 Å². The van der Waals surface area contributed by atoms with Crippen molar-refractivity contribution in [1.82, 2.24) is 4.57 Å². The van der Waals surface area contributed by atoms with Crippen molar-refractivity contribution < 1.29 is 4.39 Å². The third-order valence-corrected chi connectivity index (χ3v) is 3.89. The highest BCUT2D eigenvalue weighted by atomic mass is 35.5. The molecule has 0 spiro atoms. The Morgan fingerprint density at radius 2 is 2.05 bits per heavy atom. The van der Waals surface area contributed by atoms with E-state index in [4.69, 9.17) is 11.6 Å². The lowest BCUT2D eigenvalue weighted by Crippen LogP contribution is -2.00. The third kappa shape index (κ3) is 2.39. The van der Waals surface area contributed by atoms with Gasteiger partial charge in [-0.3, -0.25) is 0 Å². The zero-order chi connectivity index (χ0) is 15.0. The summed E-state index contributed by atoms with van der Waals surface area (Å²) in [7, 11) is 0. The first-order valence-electron chi connectivity index (χ1n) is 6.53. The van der Waals surface area contributed by atoms with Crippen LogP contribution in [-0.4, -0.2) is 4.57 Å². The number of nitrogens with zero attached hydrogens (tertiary/aromatic N) is 2. The van der Waals surface area contributed by atoms with Gasteiger partial charge in [-0.25, -0.2) is 4.39 Å². The normalized spacial score (nSPS) is 10.8. The van der Waals surface area contributed by atoms with E-state index in [2.05, 4.69) is 12.1 Å². The van der Waals surface area contributed by atoms with Gasteiger partial charge < -0.3 is 4.57 Å². The highest BCUT2D eigenvalue weighted by molar-refractivity contribution is 6.32. The fourth-order valence-electron chi connectivity index (χ4n) is 2.55. The summed E-state index contributed by atoms with van der Waals surface area (Å²) in [6.45, 7) is 2.57. The molecule has 0 amide bonds. The molecule has 0 radical (unpaired) electrons. The Morgan fingerprint density at radius 1 is 1.24 bits per heavy atom. The van der Waals surface area contributed by atoms with Gasteiger partial charge in [0, 0.05) is 11.9 Å². The summed E-state index contributed by atoms with van der Waals surface area (Å²) in [6, 6.07) is 14.5. The van der Waals surface area contributed by atoms with E-state index < -0.39 is 0 Å². The van der Waals surface area contributed by atoms with Crippen LogP contribution >= 0.6 is 11.6 Å². The number of benzene rings is 2. The van der Waals surface area contributed by atoms with Crippen LogP contribution in [0.4, 0.5) is 4.39 Å². The van der Waals surface area contributed by atoms with Crippen LogP contribution in [0.5, 0.6) is 0 Å². The highest BCUT2D eigenvalue weighted by Crippen LogP contribution is 2.30. The Balaban J connectivity index is 2.19. The molecule has 1 heterocycles. The Hall–Kier alpha value is -2.31. The summed E-state index contributed by atoms with van der Waals surface area (Å²) >= 11 is 6.31. The number of fused-ring (bicyclic) bond motifs is 1. The molecule has 0 unspecified atom stereocenters. The van der Waals surface area contributed by atoms with E-state index in [0.29, 0.717) is 22.6 Å². The van der Waals surface area contributed by atoms with E-state index in [-0.39, 0.29) is 5.82 Å². The second-order valence-corrected chi connectivity index (χ2v) is 5.37. The molecule has 0 aliphatic carbocycles. The van der Waals surface area contributed by atoms with Crippen LogP contribution in [-0.2, 0) is 6.54 Å². The second-order valence-electron chi connectivity index (χ2n) is 5.01. The Morgan fingerprint density at radius 3 is 2.76 bits per heavy atom. The smallest absolute Gasteiger partial charge is 0.128 e. The molecule has 2 nitrogen and oxygen atoms in total. The predicted molar refractivity (Wildman–Crippen MR) is 81.9 cm³/mol. The van der Waals surface area contributed by atoms with Crippen LogP contribution in [0.2, 0.25) is 5.15 Å². The fraction of sp³-hybridized carbons (Fsp3) is 0.118. The molecule has 0 aliphatic heterocycles. The minimum absolute atomic E-state index is 0.318. The maximum atomic E-state index is 13.4. The lowest BCUT2D eigenvalue weighted by molar-refractivity contribution is 0.629. The van der Waals surface area contributed by atoms with E-state index in [1.807, 2.05) is 29.7 Å². The van der Waals surface area contributed by atoms with Crippen LogP contribution in [0, 0.1) is 24.1 Å². The molecular weight excluding hydrogens is 287 g/mol. The molecule has 104 valence electrons. The van der Waals surface area contributed by atoms with Gasteiger partial charge in [-0.15, -0.1) is 0 Å². The number of nitriles is 1. The Bertz CT molecular complexity index is 874. The minimum Gasteiger partial charge on any atom is -0.326 e. The van der Waals surface area contributed by atoms with E-state index in [0.717, 1.165) is 16.6 Å².